The van der Waals surface area contributed by atoms with Crippen molar-refractivity contribution < 1.29 is 26.7 Å². The van der Waals surface area contributed by atoms with Crippen molar-refractivity contribution in [3.63, 3.8) is 0 Å². The average Bonchev–Trinajstić information content (AvgIpc) is 2.56. The maximum atomic E-state index is 12.4. The minimum absolute atomic E-state index is 0.00431. The van der Waals surface area contributed by atoms with E-state index in [-0.39, 0.29) is 16.3 Å². The number of carbonyl (C=O) groups excluding carboxylic acids is 1. The number of benzene rings is 2. The molecule has 1 atom stereocenters. The lowest BCUT2D eigenvalue weighted by Gasteiger charge is -2.16. The van der Waals surface area contributed by atoms with Crippen LogP contribution in [-0.2, 0) is 14.8 Å². The lowest BCUT2D eigenvalue weighted by Crippen LogP contribution is -2.41. The number of amides is 1. The molecule has 2 N–H and O–H groups in total. The van der Waals surface area contributed by atoms with Crippen LogP contribution >= 0.6 is 11.6 Å². The molecular formula is C16H15ClF2N2O4S. The van der Waals surface area contributed by atoms with Crippen LogP contribution in [0, 0.1) is 0 Å². The van der Waals surface area contributed by atoms with Gasteiger partial charge >= 0.3 is 6.61 Å². The normalized spacial score (nSPS) is 12.7. The van der Waals surface area contributed by atoms with Gasteiger partial charge in [-0.1, -0.05) is 23.7 Å². The van der Waals surface area contributed by atoms with Crippen molar-refractivity contribution in [3.05, 3.63) is 53.6 Å². The molecule has 0 saturated carbocycles. The Balaban J connectivity index is 2.09. The van der Waals surface area contributed by atoms with E-state index < -0.39 is 28.6 Å². The minimum Gasteiger partial charge on any atom is -0.433 e. The van der Waals surface area contributed by atoms with Crippen LogP contribution in [0.5, 0.6) is 5.75 Å². The van der Waals surface area contributed by atoms with Gasteiger partial charge in [0.1, 0.15) is 5.75 Å². The fourth-order valence-electron chi connectivity index (χ4n) is 1.98. The summed E-state index contributed by atoms with van der Waals surface area (Å²) in [5.74, 6) is -0.975. The molecule has 0 bridgehead atoms. The third kappa shape index (κ3) is 5.38. The predicted molar refractivity (Wildman–Crippen MR) is 92.9 cm³/mol. The molecule has 1 amide bonds. The van der Waals surface area contributed by atoms with E-state index in [1.165, 1.54) is 55.5 Å². The van der Waals surface area contributed by atoms with Crippen molar-refractivity contribution >= 4 is 33.2 Å². The average molecular weight is 405 g/mol. The number of halogens is 3. The summed E-state index contributed by atoms with van der Waals surface area (Å²) < 4.78 is 55.8. The number of hydrogen-bond acceptors (Lipinski definition) is 4. The lowest BCUT2D eigenvalue weighted by molar-refractivity contribution is -0.117. The molecule has 0 aromatic heterocycles. The fraction of sp³-hybridized carbons (Fsp3) is 0.188. The first-order valence-corrected chi connectivity index (χ1v) is 9.18. The van der Waals surface area contributed by atoms with Gasteiger partial charge in [0.25, 0.3) is 0 Å². The van der Waals surface area contributed by atoms with Crippen LogP contribution < -0.4 is 14.8 Å². The number of hydrogen-bond donors (Lipinski definition) is 2. The zero-order chi connectivity index (χ0) is 19.3. The molecule has 0 fully saturated rings. The smallest absolute Gasteiger partial charge is 0.387 e. The topological polar surface area (TPSA) is 84.5 Å². The van der Waals surface area contributed by atoms with E-state index in [1.807, 2.05) is 0 Å². The summed E-state index contributed by atoms with van der Waals surface area (Å²) in [6.07, 6.45) is 0. The van der Waals surface area contributed by atoms with Gasteiger partial charge in [-0.3, -0.25) is 4.79 Å². The van der Waals surface area contributed by atoms with Gasteiger partial charge in [0.05, 0.1) is 16.6 Å². The highest BCUT2D eigenvalue weighted by atomic mass is 35.5. The second-order valence-electron chi connectivity index (χ2n) is 5.16. The van der Waals surface area contributed by atoms with Gasteiger partial charge in [0.2, 0.25) is 15.9 Å². The Kier molecular flexibility index (Phi) is 6.52. The van der Waals surface area contributed by atoms with Gasteiger partial charge < -0.3 is 10.1 Å². The van der Waals surface area contributed by atoms with Crippen LogP contribution in [0.1, 0.15) is 6.92 Å². The predicted octanol–water partition coefficient (Wildman–Crippen LogP) is 3.25. The number of para-hydroxylation sites is 2. The van der Waals surface area contributed by atoms with Crippen LogP contribution in [0.25, 0.3) is 0 Å². The molecule has 0 heterocycles. The molecule has 0 aliphatic heterocycles. The van der Waals surface area contributed by atoms with Crippen LogP contribution in [0.15, 0.2) is 53.4 Å². The van der Waals surface area contributed by atoms with Gasteiger partial charge in [0.15, 0.2) is 0 Å². The molecule has 0 radical (unpaired) electrons. The molecule has 2 aromatic carbocycles. The molecule has 140 valence electrons. The van der Waals surface area contributed by atoms with Gasteiger partial charge in [-0.2, -0.15) is 13.5 Å². The fourth-order valence-corrected chi connectivity index (χ4v) is 3.31. The van der Waals surface area contributed by atoms with Crippen LogP contribution in [0.4, 0.5) is 14.5 Å². The van der Waals surface area contributed by atoms with Crippen molar-refractivity contribution in [3.8, 4) is 5.75 Å². The maximum absolute atomic E-state index is 12.4. The monoisotopic (exact) mass is 404 g/mol. The molecule has 0 aliphatic carbocycles. The summed E-state index contributed by atoms with van der Waals surface area (Å²) in [7, 11) is -3.96. The van der Waals surface area contributed by atoms with Gasteiger partial charge in [-0.25, -0.2) is 8.42 Å². The molecule has 2 rings (SSSR count). The number of rotatable bonds is 7. The highest BCUT2D eigenvalue weighted by molar-refractivity contribution is 7.89. The molecule has 0 unspecified atom stereocenters. The Morgan fingerprint density at radius 2 is 1.73 bits per heavy atom. The standard InChI is InChI=1S/C16H15ClF2N2O4S/c1-10(21-26(23,24)12-8-6-11(17)7-9-12)15(22)20-13-4-2-3-5-14(13)25-16(18)19/h2-10,16,21H,1H3,(H,20,22)/t10-/m0/s1. The van der Waals surface area contributed by atoms with E-state index in [9.17, 15) is 22.0 Å². The van der Waals surface area contributed by atoms with E-state index in [1.54, 1.807) is 0 Å². The number of ether oxygens (including phenoxy) is 1. The van der Waals surface area contributed by atoms with Crippen LogP contribution in [0.3, 0.4) is 0 Å². The Labute approximate surface area is 154 Å². The van der Waals surface area contributed by atoms with Crippen molar-refractivity contribution in [2.75, 3.05) is 5.32 Å². The first-order chi connectivity index (χ1) is 12.2. The number of anilines is 1. The highest BCUT2D eigenvalue weighted by Gasteiger charge is 2.23. The van der Waals surface area contributed by atoms with Crippen molar-refractivity contribution in [2.45, 2.75) is 24.5 Å². The summed E-state index contributed by atoms with van der Waals surface area (Å²) in [5.41, 5.74) is -0.00431. The summed E-state index contributed by atoms with van der Waals surface area (Å²) in [4.78, 5) is 12.1. The number of alkyl halides is 2. The summed E-state index contributed by atoms with van der Waals surface area (Å²) in [6.45, 7) is -1.74. The largest absolute Gasteiger partial charge is 0.433 e. The van der Waals surface area contributed by atoms with Crippen molar-refractivity contribution in [1.29, 1.82) is 0 Å². The van der Waals surface area contributed by atoms with Crippen LogP contribution in [0.2, 0.25) is 5.02 Å². The van der Waals surface area contributed by atoms with Crippen LogP contribution in [-0.4, -0.2) is 27.0 Å². The molecular weight excluding hydrogens is 390 g/mol. The third-order valence-electron chi connectivity index (χ3n) is 3.21. The van der Waals surface area contributed by atoms with Crippen molar-refractivity contribution in [1.82, 2.24) is 4.72 Å². The third-order valence-corrected chi connectivity index (χ3v) is 5.02. The highest BCUT2D eigenvalue weighted by Crippen LogP contribution is 2.25. The first kappa shape index (κ1) is 20.1. The molecule has 0 spiro atoms. The Morgan fingerprint density at radius 3 is 2.35 bits per heavy atom. The second-order valence-corrected chi connectivity index (χ2v) is 7.31. The van der Waals surface area contributed by atoms with Gasteiger partial charge in [-0.15, -0.1) is 0 Å². The summed E-state index contributed by atoms with van der Waals surface area (Å²) in [6, 6.07) is 9.80. The number of nitrogens with one attached hydrogen (secondary N) is 2. The van der Waals surface area contributed by atoms with E-state index in [4.69, 9.17) is 11.6 Å². The lowest BCUT2D eigenvalue weighted by atomic mass is 10.2. The minimum atomic E-state index is -3.96. The number of carbonyl (C=O) groups is 1. The molecule has 26 heavy (non-hydrogen) atoms. The van der Waals surface area contributed by atoms with Gasteiger partial charge in [-0.05, 0) is 43.3 Å². The molecule has 0 aliphatic rings. The van der Waals surface area contributed by atoms with E-state index in [0.29, 0.717) is 5.02 Å². The Bertz CT molecular complexity index is 876. The number of sulfonamides is 1. The quantitative estimate of drug-likeness (QED) is 0.742. The van der Waals surface area contributed by atoms with Crippen molar-refractivity contribution in [2.24, 2.45) is 0 Å². The summed E-state index contributed by atoms with van der Waals surface area (Å²) >= 11 is 5.71. The Morgan fingerprint density at radius 1 is 1.12 bits per heavy atom. The first-order valence-electron chi connectivity index (χ1n) is 7.31. The maximum Gasteiger partial charge on any atom is 0.387 e. The van der Waals surface area contributed by atoms with E-state index in [0.717, 1.165) is 0 Å². The molecule has 10 heteroatoms. The van der Waals surface area contributed by atoms with Gasteiger partial charge in [0, 0.05) is 5.02 Å². The van der Waals surface area contributed by atoms with E-state index in [2.05, 4.69) is 14.8 Å². The molecule has 0 saturated heterocycles. The summed E-state index contributed by atoms with van der Waals surface area (Å²) in [5, 5.41) is 2.72. The Hall–Kier alpha value is -2.23. The zero-order valence-corrected chi connectivity index (χ0v) is 15.0. The van der Waals surface area contributed by atoms with E-state index >= 15 is 0 Å². The molecule has 2 aromatic rings. The zero-order valence-electron chi connectivity index (χ0n) is 13.4. The second kappa shape index (κ2) is 8.43. The molecule has 6 nitrogen and oxygen atoms in total. The SMILES string of the molecule is C[C@H](NS(=O)(=O)c1ccc(Cl)cc1)C(=O)Nc1ccccc1OC(F)F.